The summed E-state index contributed by atoms with van der Waals surface area (Å²) in [6.07, 6.45) is 1.04. The molecule has 2 aromatic heterocycles. The largest absolute Gasteiger partial charge is 0.593 e. The Kier molecular flexibility index (Phi) is 6.15. The van der Waals surface area contributed by atoms with E-state index in [1.54, 1.807) is 21.0 Å². The standard InChI is InChI=1S/C23H28N4O4S/c1-14(2)23-24-20-11-13-27(32(28,29)22-15(3)26-31-16(22)4)12-10-19(20)21(25-23)17-6-8-18(30-5)9-7-17/h6-9,14H,10-13H2,1-5H3. The summed E-state index contributed by atoms with van der Waals surface area (Å²) >= 11 is 0. The molecule has 0 amide bonds. The maximum atomic E-state index is 13.4. The number of benzene rings is 1. The third-order valence-electron chi connectivity index (χ3n) is 5.76. The molecule has 1 aromatic carbocycles. The van der Waals surface area contributed by atoms with Crippen molar-refractivity contribution in [3.8, 4) is 17.0 Å². The van der Waals surface area contributed by atoms with Crippen LogP contribution < -0.4 is 4.74 Å². The van der Waals surface area contributed by atoms with Gasteiger partial charge in [-0.15, -0.1) is 4.31 Å². The van der Waals surface area contributed by atoms with E-state index in [4.69, 9.17) is 19.2 Å². The summed E-state index contributed by atoms with van der Waals surface area (Å²) in [6, 6.07) is 7.78. The lowest BCUT2D eigenvalue weighted by atomic mass is 10.00. The van der Waals surface area contributed by atoms with Crippen molar-refractivity contribution < 1.29 is 18.0 Å². The number of aromatic nitrogens is 3. The fourth-order valence-electron chi connectivity index (χ4n) is 4.06. The first-order chi connectivity index (χ1) is 15.2. The molecule has 1 unspecified atom stereocenters. The first kappa shape index (κ1) is 22.6. The van der Waals surface area contributed by atoms with Crippen LogP contribution in [0.3, 0.4) is 0 Å². The van der Waals surface area contributed by atoms with Gasteiger partial charge in [-0.25, -0.2) is 9.97 Å². The summed E-state index contributed by atoms with van der Waals surface area (Å²) in [5.74, 6) is 2.00. The predicted octanol–water partition coefficient (Wildman–Crippen LogP) is 3.89. The summed E-state index contributed by atoms with van der Waals surface area (Å²) in [5.41, 5.74) is 4.11. The smallest absolute Gasteiger partial charge is 0.240 e. The van der Waals surface area contributed by atoms with Crippen LogP contribution in [-0.2, 0) is 27.5 Å². The predicted molar refractivity (Wildman–Crippen MR) is 120 cm³/mol. The number of sulfonamides is 1. The van der Waals surface area contributed by atoms with E-state index < -0.39 is 10.4 Å². The van der Waals surface area contributed by atoms with Crippen molar-refractivity contribution >= 4 is 10.4 Å². The molecular weight excluding hydrogens is 428 g/mol. The average Bonchev–Trinajstić information content (AvgIpc) is 2.98. The van der Waals surface area contributed by atoms with E-state index in [9.17, 15) is 8.76 Å². The normalized spacial score (nSPS) is 16.5. The van der Waals surface area contributed by atoms with Gasteiger partial charge in [-0.2, -0.15) is 0 Å². The van der Waals surface area contributed by atoms with Crippen LogP contribution in [0.15, 0.2) is 33.7 Å². The van der Waals surface area contributed by atoms with Crippen LogP contribution in [0.4, 0.5) is 0 Å². The van der Waals surface area contributed by atoms with Gasteiger partial charge in [0.05, 0.1) is 12.8 Å². The van der Waals surface area contributed by atoms with Gasteiger partial charge in [-0.3, -0.25) is 0 Å². The molecule has 3 aromatic rings. The first-order valence-electron chi connectivity index (χ1n) is 10.7. The summed E-state index contributed by atoms with van der Waals surface area (Å²) in [6.45, 7) is 8.08. The molecule has 170 valence electrons. The van der Waals surface area contributed by atoms with Crippen LogP contribution in [-0.4, -0.2) is 44.2 Å². The summed E-state index contributed by atoms with van der Waals surface area (Å²) < 4.78 is 38.7. The maximum absolute atomic E-state index is 13.4. The molecule has 0 fully saturated rings. The SMILES string of the molecule is COc1ccc(-c2nc(C(C)C)nc3c2CCN([S+](=O)([O-])c2c(C)noc2C)CC3)cc1. The lowest BCUT2D eigenvalue weighted by Gasteiger charge is -2.25. The molecule has 1 aliphatic rings. The summed E-state index contributed by atoms with van der Waals surface area (Å²) in [7, 11) is -2.09. The van der Waals surface area contributed by atoms with Crippen LogP contribution in [0.25, 0.3) is 11.3 Å². The first-order valence-corrected chi connectivity index (χ1v) is 12.1. The van der Waals surface area contributed by atoms with E-state index in [1.165, 1.54) is 4.31 Å². The number of hydrogen-bond acceptors (Lipinski definition) is 7. The van der Waals surface area contributed by atoms with Gasteiger partial charge in [-0.05, 0) is 37.6 Å². The van der Waals surface area contributed by atoms with Gasteiger partial charge in [0, 0.05) is 49.2 Å². The molecular formula is C23H28N4O4S. The number of methoxy groups -OCH3 is 1. The van der Waals surface area contributed by atoms with Crippen LogP contribution in [0.1, 0.15) is 48.3 Å². The maximum Gasteiger partial charge on any atom is 0.240 e. The van der Waals surface area contributed by atoms with E-state index in [2.05, 4.69) is 19.0 Å². The minimum absolute atomic E-state index is 0.155. The molecule has 1 aliphatic heterocycles. The second kappa shape index (κ2) is 8.73. The van der Waals surface area contributed by atoms with Crippen molar-refractivity contribution in [2.75, 3.05) is 20.2 Å². The monoisotopic (exact) mass is 456 g/mol. The van der Waals surface area contributed by atoms with Crippen molar-refractivity contribution in [1.29, 1.82) is 0 Å². The molecule has 0 N–H and O–H groups in total. The fraction of sp³-hybridized carbons (Fsp3) is 0.435. The number of rotatable bonds is 5. The van der Waals surface area contributed by atoms with E-state index in [-0.39, 0.29) is 10.8 Å². The summed E-state index contributed by atoms with van der Waals surface area (Å²) in [5, 5.41) is 3.83. The van der Waals surface area contributed by atoms with Gasteiger partial charge in [0.15, 0.2) is 16.2 Å². The highest BCUT2D eigenvalue weighted by molar-refractivity contribution is 7.95. The Hall–Kier alpha value is -2.62. The molecule has 4 rings (SSSR count). The van der Waals surface area contributed by atoms with Gasteiger partial charge in [0.25, 0.3) is 0 Å². The van der Waals surface area contributed by atoms with E-state index >= 15 is 0 Å². The molecule has 32 heavy (non-hydrogen) atoms. The highest BCUT2D eigenvalue weighted by Crippen LogP contribution is 2.33. The van der Waals surface area contributed by atoms with Crippen LogP contribution >= 0.6 is 0 Å². The van der Waals surface area contributed by atoms with E-state index in [0.717, 1.165) is 34.1 Å². The third kappa shape index (κ3) is 4.07. The molecule has 0 bridgehead atoms. The van der Waals surface area contributed by atoms with Crippen molar-refractivity contribution in [3.63, 3.8) is 0 Å². The number of nitrogens with zero attached hydrogens (tertiary/aromatic N) is 4. The van der Waals surface area contributed by atoms with Gasteiger partial charge >= 0.3 is 0 Å². The van der Waals surface area contributed by atoms with E-state index in [1.807, 2.05) is 24.3 Å². The molecule has 9 heteroatoms. The molecule has 0 spiro atoms. The zero-order chi connectivity index (χ0) is 23.0. The van der Waals surface area contributed by atoms with E-state index in [0.29, 0.717) is 37.4 Å². The summed E-state index contributed by atoms with van der Waals surface area (Å²) in [4.78, 5) is 9.85. The lowest BCUT2D eigenvalue weighted by Crippen LogP contribution is -2.38. The quantitative estimate of drug-likeness (QED) is 0.537. The van der Waals surface area contributed by atoms with Crippen molar-refractivity contribution in [2.24, 2.45) is 0 Å². The second-order valence-electron chi connectivity index (χ2n) is 8.30. The average molecular weight is 457 g/mol. The van der Waals surface area contributed by atoms with Gasteiger partial charge < -0.3 is 13.8 Å². The lowest BCUT2D eigenvalue weighted by molar-refractivity contribution is 0.358. The topological polar surface area (TPSA) is 104 Å². The Morgan fingerprint density at radius 3 is 2.41 bits per heavy atom. The molecule has 0 saturated carbocycles. The molecule has 0 aliphatic carbocycles. The van der Waals surface area contributed by atoms with Crippen LogP contribution in [0.2, 0.25) is 0 Å². The third-order valence-corrected chi connectivity index (χ3v) is 7.91. The molecule has 3 heterocycles. The number of aryl methyl sites for hydroxylation is 2. The zero-order valence-electron chi connectivity index (χ0n) is 19.0. The molecule has 1 atom stereocenters. The van der Waals surface area contributed by atoms with Gasteiger partial charge in [0.1, 0.15) is 17.3 Å². The molecule has 0 radical (unpaired) electrons. The Morgan fingerprint density at radius 2 is 1.81 bits per heavy atom. The Bertz CT molecular complexity index is 1150. The highest BCUT2D eigenvalue weighted by Gasteiger charge is 2.38. The highest BCUT2D eigenvalue weighted by atomic mass is 32.3. The van der Waals surface area contributed by atoms with Crippen molar-refractivity contribution in [2.45, 2.75) is 51.3 Å². The van der Waals surface area contributed by atoms with Gasteiger partial charge in [0.2, 0.25) is 4.90 Å². The second-order valence-corrected chi connectivity index (χ2v) is 10.2. The number of ether oxygens (including phenoxy) is 1. The minimum Gasteiger partial charge on any atom is -0.593 e. The number of hydrogen-bond donors (Lipinski definition) is 0. The Balaban J connectivity index is 1.73. The van der Waals surface area contributed by atoms with Crippen molar-refractivity contribution in [1.82, 2.24) is 19.4 Å². The fourth-order valence-corrected chi connectivity index (χ4v) is 5.79. The Labute approximate surface area is 189 Å². The van der Waals surface area contributed by atoms with Crippen LogP contribution in [0, 0.1) is 13.8 Å². The van der Waals surface area contributed by atoms with Gasteiger partial charge in [-0.1, -0.05) is 23.2 Å². The van der Waals surface area contributed by atoms with Crippen molar-refractivity contribution in [3.05, 3.63) is 52.8 Å². The molecule has 8 nitrogen and oxygen atoms in total. The van der Waals surface area contributed by atoms with Crippen LogP contribution in [0.5, 0.6) is 5.75 Å². The molecule has 0 saturated heterocycles. The Morgan fingerprint density at radius 1 is 1.12 bits per heavy atom. The number of fused-ring (bicyclic) bond motifs is 1. The zero-order valence-corrected chi connectivity index (χ0v) is 19.9. The minimum atomic E-state index is -3.72.